The summed E-state index contributed by atoms with van der Waals surface area (Å²) in [6, 6.07) is 13.3. The summed E-state index contributed by atoms with van der Waals surface area (Å²) in [5.41, 5.74) is 1.55. The average Bonchev–Trinajstić information content (AvgIpc) is 2.61. The number of aromatic hydroxyl groups is 1. The second-order valence-electron chi connectivity index (χ2n) is 6.07. The molecule has 1 N–H and O–H groups in total. The lowest BCUT2D eigenvalue weighted by atomic mass is 10.1. The fourth-order valence-corrected chi connectivity index (χ4v) is 2.83. The van der Waals surface area contributed by atoms with E-state index in [0.29, 0.717) is 17.9 Å². The molecule has 134 valence electrons. The van der Waals surface area contributed by atoms with Gasteiger partial charge in [-0.1, -0.05) is 39.0 Å². The molecule has 2 aromatic rings. The Labute approximate surface area is 164 Å². The Morgan fingerprint density at radius 1 is 1.00 bits per heavy atom. The molecular formula is C21H26INO2. The van der Waals surface area contributed by atoms with Crippen LogP contribution in [0.15, 0.2) is 47.5 Å². The van der Waals surface area contributed by atoms with Crippen LogP contribution >= 0.6 is 22.6 Å². The number of benzene rings is 2. The zero-order valence-corrected chi connectivity index (χ0v) is 16.9. The first-order valence-electron chi connectivity index (χ1n) is 8.94. The van der Waals surface area contributed by atoms with Gasteiger partial charge in [0.2, 0.25) is 0 Å². The largest absolute Gasteiger partial charge is 0.507 e. The predicted molar refractivity (Wildman–Crippen MR) is 113 cm³/mol. The lowest BCUT2D eigenvalue weighted by Gasteiger charge is -2.07. The molecule has 0 fully saturated rings. The number of phenols is 1. The minimum Gasteiger partial charge on any atom is -0.507 e. The van der Waals surface area contributed by atoms with Gasteiger partial charge < -0.3 is 9.84 Å². The second kappa shape index (κ2) is 11.1. The van der Waals surface area contributed by atoms with Crippen LogP contribution in [0, 0.1) is 3.57 Å². The van der Waals surface area contributed by atoms with E-state index in [1.54, 1.807) is 12.3 Å². The van der Waals surface area contributed by atoms with E-state index < -0.39 is 0 Å². The molecule has 4 heteroatoms. The van der Waals surface area contributed by atoms with Gasteiger partial charge in [0.25, 0.3) is 0 Å². The molecule has 0 bridgehead atoms. The van der Waals surface area contributed by atoms with E-state index in [1.165, 1.54) is 35.7 Å². The van der Waals surface area contributed by atoms with E-state index in [-0.39, 0.29) is 5.75 Å². The number of hydrogen-bond donors (Lipinski definition) is 1. The van der Waals surface area contributed by atoms with Gasteiger partial charge in [0.05, 0.1) is 12.3 Å². The van der Waals surface area contributed by atoms with E-state index in [4.69, 9.17) is 4.74 Å². The Kier molecular flexibility index (Phi) is 8.80. The lowest BCUT2D eigenvalue weighted by Crippen LogP contribution is -1.97. The van der Waals surface area contributed by atoms with Crippen molar-refractivity contribution in [2.24, 2.45) is 4.99 Å². The van der Waals surface area contributed by atoms with Crippen molar-refractivity contribution in [2.45, 2.75) is 45.4 Å². The van der Waals surface area contributed by atoms with Crippen LogP contribution in [-0.2, 0) is 0 Å². The van der Waals surface area contributed by atoms with Gasteiger partial charge in [0.1, 0.15) is 11.5 Å². The zero-order valence-electron chi connectivity index (χ0n) is 14.7. The minimum atomic E-state index is 0.190. The summed E-state index contributed by atoms with van der Waals surface area (Å²) in [4.78, 5) is 4.39. The van der Waals surface area contributed by atoms with Crippen LogP contribution < -0.4 is 4.74 Å². The third kappa shape index (κ3) is 7.46. The lowest BCUT2D eigenvalue weighted by molar-refractivity contribution is 0.302. The maximum Gasteiger partial charge on any atom is 0.128 e. The van der Waals surface area contributed by atoms with Crippen molar-refractivity contribution < 1.29 is 9.84 Å². The molecule has 0 spiro atoms. The molecule has 0 radical (unpaired) electrons. The first kappa shape index (κ1) is 19.8. The van der Waals surface area contributed by atoms with Gasteiger partial charge in [-0.15, -0.1) is 0 Å². The maximum atomic E-state index is 10.1. The molecular weight excluding hydrogens is 425 g/mol. The number of rotatable bonds is 10. The van der Waals surface area contributed by atoms with Crippen LogP contribution in [0.3, 0.4) is 0 Å². The smallest absolute Gasteiger partial charge is 0.128 e. The summed E-state index contributed by atoms with van der Waals surface area (Å²) in [5, 5.41) is 10.1. The highest BCUT2D eigenvalue weighted by Gasteiger charge is 2.02. The molecule has 0 saturated carbocycles. The summed E-state index contributed by atoms with van der Waals surface area (Å²) in [6.07, 6.45) is 9.11. The quantitative estimate of drug-likeness (QED) is 0.255. The normalized spacial score (nSPS) is 11.1. The molecule has 0 aliphatic rings. The van der Waals surface area contributed by atoms with Crippen LogP contribution in [0.4, 0.5) is 5.69 Å². The second-order valence-corrected chi connectivity index (χ2v) is 7.32. The molecule has 0 unspecified atom stereocenters. The Bertz CT molecular complexity index is 668. The highest BCUT2D eigenvalue weighted by molar-refractivity contribution is 14.1. The number of phenolic OH excluding ortho intramolecular Hbond substituents is 1. The van der Waals surface area contributed by atoms with Gasteiger partial charge in [-0.25, -0.2) is 0 Å². The summed E-state index contributed by atoms with van der Waals surface area (Å²) in [5.74, 6) is 0.896. The van der Waals surface area contributed by atoms with Crippen molar-refractivity contribution >= 4 is 34.5 Å². The fourth-order valence-electron chi connectivity index (χ4n) is 2.47. The average molecular weight is 451 g/mol. The van der Waals surface area contributed by atoms with Crippen molar-refractivity contribution in [3.8, 4) is 11.5 Å². The summed E-state index contributed by atoms with van der Waals surface area (Å²) in [6.45, 7) is 2.92. The Hall–Kier alpha value is -1.56. The topological polar surface area (TPSA) is 41.8 Å². The molecule has 2 rings (SSSR count). The van der Waals surface area contributed by atoms with Gasteiger partial charge in [0.15, 0.2) is 0 Å². The standard InChI is InChI=1S/C21H26INO2/c1-2-3-4-5-6-7-14-25-20-13-8-17(21(24)15-20)16-23-19-11-9-18(22)10-12-19/h8-13,15-16,24H,2-7,14H2,1H3. The van der Waals surface area contributed by atoms with Gasteiger partial charge in [-0.3, -0.25) is 4.99 Å². The Morgan fingerprint density at radius 2 is 1.72 bits per heavy atom. The third-order valence-corrected chi connectivity index (χ3v) is 4.67. The van der Waals surface area contributed by atoms with Crippen molar-refractivity contribution in [1.29, 1.82) is 0 Å². The number of aliphatic imine (C=N–C) groups is 1. The number of hydrogen-bond acceptors (Lipinski definition) is 3. The zero-order chi connectivity index (χ0) is 17.9. The van der Waals surface area contributed by atoms with Crippen LogP contribution in [0.25, 0.3) is 0 Å². The van der Waals surface area contributed by atoms with Crippen molar-refractivity contribution in [1.82, 2.24) is 0 Å². The number of nitrogens with zero attached hydrogens (tertiary/aromatic N) is 1. The number of halogens is 1. The SMILES string of the molecule is CCCCCCCCOc1ccc(C=Nc2ccc(I)cc2)c(O)c1. The maximum absolute atomic E-state index is 10.1. The first-order valence-corrected chi connectivity index (χ1v) is 10.0. The van der Waals surface area contributed by atoms with Gasteiger partial charge in [0, 0.05) is 21.4 Å². The highest BCUT2D eigenvalue weighted by atomic mass is 127. The van der Waals surface area contributed by atoms with Gasteiger partial charge >= 0.3 is 0 Å². The Balaban J connectivity index is 1.80. The molecule has 0 amide bonds. The van der Waals surface area contributed by atoms with E-state index in [0.717, 1.165) is 12.1 Å². The van der Waals surface area contributed by atoms with Crippen LogP contribution in [-0.4, -0.2) is 17.9 Å². The van der Waals surface area contributed by atoms with Crippen molar-refractivity contribution in [3.63, 3.8) is 0 Å². The molecule has 0 heterocycles. The Morgan fingerprint density at radius 3 is 2.44 bits per heavy atom. The molecule has 0 aliphatic carbocycles. The molecule has 0 aliphatic heterocycles. The van der Waals surface area contributed by atoms with Gasteiger partial charge in [-0.2, -0.15) is 0 Å². The van der Waals surface area contributed by atoms with Crippen LogP contribution in [0.2, 0.25) is 0 Å². The predicted octanol–water partition coefficient (Wildman–Crippen LogP) is 6.49. The van der Waals surface area contributed by atoms with E-state index in [1.807, 2.05) is 36.4 Å². The van der Waals surface area contributed by atoms with E-state index in [9.17, 15) is 5.11 Å². The minimum absolute atomic E-state index is 0.190. The first-order chi connectivity index (χ1) is 12.2. The van der Waals surface area contributed by atoms with E-state index in [2.05, 4.69) is 34.5 Å². The summed E-state index contributed by atoms with van der Waals surface area (Å²) < 4.78 is 6.89. The molecule has 25 heavy (non-hydrogen) atoms. The molecule has 2 aromatic carbocycles. The molecule has 0 saturated heterocycles. The summed E-state index contributed by atoms with van der Waals surface area (Å²) in [7, 11) is 0. The van der Waals surface area contributed by atoms with Crippen molar-refractivity contribution in [2.75, 3.05) is 6.61 Å². The monoisotopic (exact) mass is 451 g/mol. The molecule has 3 nitrogen and oxygen atoms in total. The molecule has 0 aromatic heterocycles. The van der Waals surface area contributed by atoms with Crippen LogP contribution in [0.5, 0.6) is 11.5 Å². The summed E-state index contributed by atoms with van der Waals surface area (Å²) >= 11 is 2.26. The number of unbranched alkanes of at least 4 members (excludes halogenated alkanes) is 5. The number of ether oxygens (including phenoxy) is 1. The highest BCUT2D eigenvalue weighted by Crippen LogP contribution is 2.23. The fraction of sp³-hybridized carbons (Fsp3) is 0.381. The third-order valence-electron chi connectivity index (χ3n) is 3.95. The van der Waals surface area contributed by atoms with Crippen LogP contribution in [0.1, 0.15) is 51.0 Å². The molecule has 0 atom stereocenters. The van der Waals surface area contributed by atoms with E-state index >= 15 is 0 Å². The van der Waals surface area contributed by atoms with Crippen molar-refractivity contribution in [3.05, 3.63) is 51.6 Å². The van der Waals surface area contributed by atoms with Gasteiger partial charge in [-0.05, 0) is 65.4 Å².